The molecular weight excluding hydrogens is 253 g/mol. The van der Waals surface area contributed by atoms with Crippen LogP contribution in [0.5, 0.6) is 0 Å². The van der Waals surface area contributed by atoms with Crippen molar-refractivity contribution in [1.82, 2.24) is 9.55 Å². The number of halogens is 1. The molecule has 1 heterocycles. The van der Waals surface area contributed by atoms with Gasteiger partial charge in [0.2, 0.25) is 0 Å². The molecule has 3 aromatic rings. The molecule has 2 aromatic carbocycles. The van der Waals surface area contributed by atoms with Gasteiger partial charge in [-0.3, -0.25) is 4.57 Å². The number of imidazole rings is 1. The lowest BCUT2D eigenvalue weighted by Gasteiger charge is -2.10. The summed E-state index contributed by atoms with van der Waals surface area (Å²) in [6.45, 7) is 4.43. The Morgan fingerprint density at radius 2 is 1.90 bits per heavy atom. The fraction of sp³-hybridized carbons (Fsp3) is 0.188. The van der Waals surface area contributed by atoms with Crippen LogP contribution in [0.2, 0.25) is 0 Å². The third-order valence-corrected chi connectivity index (χ3v) is 3.68. The highest BCUT2D eigenvalue weighted by atomic mass is 19.1. The number of aromatic nitrogens is 2. The van der Waals surface area contributed by atoms with Crippen molar-refractivity contribution >= 4 is 11.0 Å². The van der Waals surface area contributed by atoms with Gasteiger partial charge in [0.1, 0.15) is 12.1 Å². The summed E-state index contributed by atoms with van der Waals surface area (Å²) < 4.78 is 15.3. The van der Waals surface area contributed by atoms with Crippen LogP contribution in [0.15, 0.2) is 36.7 Å². The van der Waals surface area contributed by atoms with Crippen LogP contribution in [0, 0.1) is 19.7 Å². The lowest BCUT2D eigenvalue weighted by Crippen LogP contribution is -2.04. The van der Waals surface area contributed by atoms with E-state index in [1.54, 1.807) is 12.4 Å². The Morgan fingerprint density at radius 3 is 2.65 bits per heavy atom. The summed E-state index contributed by atoms with van der Waals surface area (Å²) in [5, 5.41) is 0. The van der Waals surface area contributed by atoms with Gasteiger partial charge in [0.15, 0.2) is 0 Å². The number of rotatable bonds is 2. The van der Waals surface area contributed by atoms with Gasteiger partial charge in [-0.05, 0) is 60.9 Å². The average molecular weight is 269 g/mol. The van der Waals surface area contributed by atoms with Crippen LogP contribution in [0.3, 0.4) is 0 Å². The largest absolute Gasteiger partial charge is 0.326 e. The van der Waals surface area contributed by atoms with Gasteiger partial charge < -0.3 is 5.73 Å². The molecule has 0 bridgehead atoms. The molecule has 0 aliphatic rings. The van der Waals surface area contributed by atoms with E-state index in [0.29, 0.717) is 0 Å². The number of aryl methyl sites for hydroxylation is 2. The minimum Gasteiger partial charge on any atom is -0.326 e. The van der Waals surface area contributed by atoms with Gasteiger partial charge in [-0.15, -0.1) is 0 Å². The van der Waals surface area contributed by atoms with Crippen molar-refractivity contribution < 1.29 is 4.39 Å². The summed E-state index contributed by atoms with van der Waals surface area (Å²) >= 11 is 0. The summed E-state index contributed by atoms with van der Waals surface area (Å²) in [5.74, 6) is -0.273. The quantitative estimate of drug-likeness (QED) is 0.776. The van der Waals surface area contributed by atoms with E-state index in [1.807, 2.05) is 4.57 Å². The number of nitrogens with zero attached hydrogens (tertiary/aromatic N) is 2. The zero-order valence-electron chi connectivity index (χ0n) is 11.5. The van der Waals surface area contributed by atoms with E-state index in [4.69, 9.17) is 5.73 Å². The van der Waals surface area contributed by atoms with Crippen molar-refractivity contribution in [2.45, 2.75) is 20.4 Å². The molecule has 3 nitrogen and oxygen atoms in total. The van der Waals surface area contributed by atoms with Crippen LogP contribution in [-0.4, -0.2) is 9.55 Å². The zero-order valence-corrected chi connectivity index (χ0v) is 11.5. The van der Waals surface area contributed by atoms with Crippen molar-refractivity contribution in [2.24, 2.45) is 5.73 Å². The summed E-state index contributed by atoms with van der Waals surface area (Å²) in [6.07, 6.45) is 1.76. The fourth-order valence-electron chi connectivity index (χ4n) is 2.41. The van der Waals surface area contributed by atoms with Crippen molar-refractivity contribution in [1.29, 1.82) is 0 Å². The molecule has 0 unspecified atom stereocenters. The molecule has 0 atom stereocenters. The van der Waals surface area contributed by atoms with E-state index in [0.717, 1.165) is 22.3 Å². The Kier molecular flexibility index (Phi) is 3.03. The maximum absolute atomic E-state index is 13.3. The maximum Gasteiger partial charge on any atom is 0.123 e. The highest BCUT2D eigenvalue weighted by Crippen LogP contribution is 2.24. The molecule has 0 spiro atoms. The number of nitrogens with two attached hydrogens (primary N) is 1. The third-order valence-electron chi connectivity index (χ3n) is 3.68. The first kappa shape index (κ1) is 12.8. The minimum atomic E-state index is -0.273. The number of hydrogen-bond acceptors (Lipinski definition) is 2. The van der Waals surface area contributed by atoms with Crippen molar-refractivity contribution in [3.8, 4) is 5.69 Å². The van der Waals surface area contributed by atoms with Crippen molar-refractivity contribution in [2.75, 3.05) is 0 Å². The van der Waals surface area contributed by atoms with Crippen LogP contribution >= 0.6 is 0 Å². The lowest BCUT2D eigenvalue weighted by molar-refractivity contribution is 0.625. The Bertz CT molecular complexity index is 790. The Balaban J connectivity index is 2.27. The van der Waals surface area contributed by atoms with Crippen molar-refractivity contribution in [3.63, 3.8) is 0 Å². The molecule has 0 radical (unpaired) electrons. The molecule has 1 aromatic heterocycles. The monoisotopic (exact) mass is 269 g/mol. The molecular formula is C16H16FN3. The molecule has 102 valence electrons. The second-order valence-electron chi connectivity index (χ2n) is 5.02. The molecule has 3 rings (SSSR count). The van der Waals surface area contributed by atoms with Gasteiger partial charge in [0.25, 0.3) is 0 Å². The highest BCUT2D eigenvalue weighted by Gasteiger charge is 2.10. The average Bonchev–Trinajstić information content (AvgIpc) is 2.82. The molecule has 4 heteroatoms. The van der Waals surface area contributed by atoms with Crippen LogP contribution < -0.4 is 5.73 Å². The summed E-state index contributed by atoms with van der Waals surface area (Å²) in [7, 11) is 0. The van der Waals surface area contributed by atoms with E-state index in [9.17, 15) is 4.39 Å². The second kappa shape index (κ2) is 4.72. The first-order chi connectivity index (χ1) is 9.60. The normalized spacial score (nSPS) is 11.2. The SMILES string of the molecule is Cc1cc2ncn(-c3ccc(F)cc3CN)c2cc1C. The molecule has 20 heavy (non-hydrogen) atoms. The van der Waals surface area contributed by atoms with Crippen molar-refractivity contribution in [3.05, 3.63) is 59.2 Å². The maximum atomic E-state index is 13.3. The molecule has 0 aliphatic heterocycles. The highest BCUT2D eigenvalue weighted by molar-refractivity contribution is 5.79. The molecule has 0 aliphatic carbocycles. The summed E-state index contributed by atoms with van der Waals surface area (Å²) in [4.78, 5) is 4.42. The van der Waals surface area contributed by atoms with Gasteiger partial charge in [0.05, 0.1) is 16.7 Å². The summed E-state index contributed by atoms with van der Waals surface area (Å²) in [6, 6.07) is 8.82. The number of fused-ring (bicyclic) bond motifs is 1. The predicted molar refractivity (Wildman–Crippen MR) is 78.4 cm³/mol. The van der Waals surface area contributed by atoms with Gasteiger partial charge in [-0.2, -0.15) is 0 Å². The second-order valence-corrected chi connectivity index (χ2v) is 5.02. The first-order valence-electron chi connectivity index (χ1n) is 6.53. The van der Waals surface area contributed by atoms with E-state index in [2.05, 4.69) is 31.0 Å². The van der Waals surface area contributed by atoms with E-state index in [-0.39, 0.29) is 12.4 Å². The minimum absolute atomic E-state index is 0.273. The molecule has 0 saturated heterocycles. The third kappa shape index (κ3) is 1.98. The van der Waals surface area contributed by atoms with Gasteiger partial charge in [0, 0.05) is 6.54 Å². The van der Waals surface area contributed by atoms with Gasteiger partial charge in [-0.1, -0.05) is 0 Å². The van der Waals surface area contributed by atoms with Crippen LogP contribution in [0.1, 0.15) is 16.7 Å². The van der Waals surface area contributed by atoms with E-state index < -0.39 is 0 Å². The summed E-state index contributed by atoms with van der Waals surface area (Å²) in [5.41, 5.74) is 11.7. The van der Waals surface area contributed by atoms with Crippen LogP contribution in [0.4, 0.5) is 4.39 Å². The Hall–Kier alpha value is -2.20. The lowest BCUT2D eigenvalue weighted by atomic mass is 10.1. The Morgan fingerprint density at radius 1 is 1.15 bits per heavy atom. The molecule has 0 saturated carbocycles. The van der Waals surface area contributed by atoms with E-state index >= 15 is 0 Å². The van der Waals surface area contributed by atoms with Crippen LogP contribution in [0.25, 0.3) is 16.7 Å². The van der Waals surface area contributed by atoms with E-state index in [1.165, 1.54) is 23.3 Å². The van der Waals surface area contributed by atoms with Gasteiger partial charge in [-0.25, -0.2) is 9.37 Å². The number of benzene rings is 2. The molecule has 0 fully saturated rings. The van der Waals surface area contributed by atoms with Crippen LogP contribution in [-0.2, 0) is 6.54 Å². The zero-order chi connectivity index (χ0) is 14.3. The standard InChI is InChI=1S/C16H16FN3/c1-10-5-14-16(6-11(10)2)20(9-19-14)15-4-3-13(17)7-12(15)8-18/h3-7,9H,8,18H2,1-2H3. The first-order valence-corrected chi connectivity index (χ1v) is 6.53. The molecule has 2 N–H and O–H groups in total. The number of hydrogen-bond donors (Lipinski definition) is 1. The Labute approximate surface area is 116 Å². The fourth-order valence-corrected chi connectivity index (χ4v) is 2.41. The topological polar surface area (TPSA) is 43.8 Å². The smallest absolute Gasteiger partial charge is 0.123 e. The predicted octanol–water partition coefficient (Wildman–Crippen LogP) is 3.24. The molecule has 0 amide bonds. The van der Waals surface area contributed by atoms with Gasteiger partial charge >= 0.3 is 0 Å².